The van der Waals surface area contributed by atoms with E-state index in [-0.39, 0.29) is 5.91 Å². The van der Waals surface area contributed by atoms with Crippen LogP contribution in [-0.2, 0) is 4.79 Å². The standard InChI is InChI=1S/C17H17N5O.C2HF3O2/c1-11-8-16(19-9-18-11)17(23)21-14-4-6-15(7-5-14)22-10-20-12(2)13(22)3;3-2(4,5)1(6)7/h4-10H,1-3H3,(H,21,23);(H,6,7). The zero-order valence-corrected chi connectivity index (χ0v) is 16.2. The number of carbonyl (C=O) groups is 2. The first-order chi connectivity index (χ1) is 14.0. The van der Waals surface area contributed by atoms with Gasteiger partial charge in [0.1, 0.15) is 12.0 Å². The van der Waals surface area contributed by atoms with Gasteiger partial charge in [-0.2, -0.15) is 13.2 Å². The highest BCUT2D eigenvalue weighted by Crippen LogP contribution is 2.17. The first-order valence-corrected chi connectivity index (χ1v) is 8.50. The fraction of sp³-hybridized carbons (Fsp3) is 0.211. The molecule has 0 bridgehead atoms. The fourth-order valence-corrected chi connectivity index (χ4v) is 2.24. The second kappa shape index (κ2) is 9.16. The first-order valence-electron chi connectivity index (χ1n) is 8.50. The van der Waals surface area contributed by atoms with Crippen LogP contribution >= 0.6 is 0 Å². The lowest BCUT2D eigenvalue weighted by atomic mass is 10.2. The molecule has 1 amide bonds. The second-order valence-corrected chi connectivity index (χ2v) is 6.13. The van der Waals surface area contributed by atoms with Crippen molar-refractivity contribution in [3.8, 4) is 5.69 Å². The summed E-state index contributed by atoms with van der Waals surface area (Å²) in [6.07, 6.45) is -1.90. The van der Waals surface area contributed by atoms with Crippen LogP contribution in [0.2, 0.25) is 0 Å². The summed E-state index contributed by atoms with van der Waals surface area (Å²) in [6.45, 7) is 5.82. The molecule has 0 atom stereocenters. The van der Waals surface area contributed by atoms with Gasteiger partial charge in [0, 0.05) is 22.8 Å². The van der Waals surface area contributed by atoms with E-state index in [2.05, 4.69) is 20.3 Å². The molecule has 2 N–H and O–H groups in total. The van der Waals surface area contributed by atoms with Crippen LogP contribution in [0.4, 0.5) is 18.9 Å². The van der Waals surface area contributed by atoms with Crippen molar-refractivity contribution in [2.45, 2.75) is 26.9 Å². The van der Waals surface area contributed by atoms with Gasteiger partial charge in [0.2, 0.25) is 0 Å². The van der Waals surface area contributed by atoms with E-state index >= 15 is 0 Å². The second-order valence-electron chi connectivity index (χ2n) is 6.13. The molecule has 3 rings (SSSR count). The number of aromatic nitrogens is 4. The molecule has 0 spiro atoms. The number of rotatable bonds is 3. The lowest BCUT2D eigenvalue weighted by Crippen LogP contribution is -2.21. The Morgan fingerprint density at radius 2 is 1.63 bits per heavy atom. The van der Waals surface area contributed by atoms with Crippen LogP contribution in [0, 0.1) is 20.8 Å². The number of anilines is 1. The fourth-order valence-electron chi connectivity index (χ4n) is 2.24. The minimum absolute atomic E-state index is 0.252. The molecule has 0 saturated carbocycles. The van der Waals surface area contributed by atoms with Crippen LogP contribution in [-0.4, -0.2) is 42.7 Å². The van der Waals surface area contributed by atoms with Crippen LogP contribution in [0.25, 0.3) is 5.69 Å². The van der Waals surface area contributed by atoms with Gasteiger partial charge in [0.25, 0.3) is 5.91 Å². The third-order valence-electron chi connectivity index (χ3n) is 3.93. The number of halogens is 3. The Kier molecular flexibility index (Phi) is 6.88. The molecule has 1 aromatic carbocycles. The van der Waals surface area contributed by atoms with Gasteiger partial charge in [-0.05, 0) is 51.1 Å². The minimum Gasteiger partial charge on any atom is -0.475 e. The number of carboxylic acid groups (broad SMARTS) is 1. The Hall–Kier alpha value is -3.76. The number of alkyl halides is 3. The molecule has 11 heteroatoms. The number of nitrogens with zero attached hydrogens (tertiary/aromatic N) is 4. The molecule has 2 heterocycles. The molecule has 0 fully saturated rings. The highest BCUT2D eigenvalue weighted by atomic mass is 19.4. The van der Waals surface area contributed by atoms with Crippen molar-refractivity contribution in [2.24, 2.45) is 0 Å². The number of carboxylic acids is 1. The summed E-state index contributed by atoms with van der Waals surface area (Å²) in [5.74, 6) is -3.01. The van der Waals surface area contributed by atoms with Crippen LogP contribution in [0.5, 0.6) is 0 Å². The predicted octanol–water partition coefficient (Wildman–Crippen LogP) is 3.47. The summed E-state index contributed by atoms with van der Waals surface area (Å²) in [5.41, 5.74) is 4.91. The van der Waals surface area contributed by atoms with E-state index in [0.29, 0.717) is 11.4 Å². The quantitative estimate of drug-likeness (QED) is 0.670. The van der Waals surface area contributed by atoms with E-state index in [1.807, 2.05) is 49.6 Å². The number of amides is 1. The third kappa shape index (κ3) is 5.87. The topological polar surface area (TPSA) is 110 Å². The van der Waals surface area contributed by atoms with Crippen molar-refractivity contribution in [2.75, 3.05) is 5.32 Å². The molecule has 8 nitrogen and oxygen atoms in total. The molecule has 158 valence electrons. The van der Waals surface area contributed by atoms with Crippen LogP contribution < -0.4 is 5.32 Å². The lowest BCUT2D eigenvalue weighted by Gasteiger charge is -2.08. The molecule has 30 heavy (non-hydrogen) atoms. The molecular weight excluding hydrogens is 403 g/mol. The van der Waals surface area contributed by atoms with Gasteiger partial charge < -0.3 is 15.0 Å². The van der Waals surface area contributed by atoms with Crippen molar-refractivity contribution >= 4 is 17.6 Å². The van der Waals surface area contributed by atoms with Gasteiger partial charge in [-0.3, -0.25) is 4.79 Å². The highest BCUT2D eigenvalue weighted by molar-refractivity contribution is 6.02. The summed E-state index contributed by atoms with van der Waals surface area (Å²) in [6, 6.07) is 9.25. The van der Waals surface area contributed by atoms with Crippen molar-refractivity contribution in [3.63, 3.8) is 0 Å². The average Bonchev–Trinajstić information content (AvgIpc) is 3.01. The molecule has 0 aliphatic rings. The zero-order chi connectivity index (χ0) is 22.5. The van der Waals surface area contributed by atoms with Gasteiger partial charge in [0.15, 0.2) is 0 Å². The number of nitrogens with one attached hydrogen (secondary N) is 1. The Morgan fingerprint density at radius 3 is 2.10 bits per heavy atom. The predicted molar refractivity (Wildman–Crippen MR) is 101 cm³/mol. The minimum atomic E-state index is -5.08. The van der Waals surface area contributed by atoms with Crippen molar-refractivity contribution in [1.29, 1.82) is 0 Å². The van der Waals surface area contributed by atoms with Gasteiger partial charge in [0.05, 0.1) is 12.0 Å². The Bertz CT molecular complexity index is 1050. The number of hydrogen-bond donors (Lipinski definition) is 2. The number of benzene rings is 1. The number of hydrogen-bond acceptors (Lipinski definition) is 5. The Balaban J connectivity index is 0.000000396. The largest absolute Gasteiger partial charge is 0.490 e. The Labute approximate surface area is 169 Å². The monoisotopic (exact) mass is 421 g/mol. The SMILES string of the molecule is Cc1cc(C(=O)Nc2ccc(-n3cnc(C)c3C)cc2)ncn1.O=C(O)C(F)(F)F. The lowest BCUT2D eigenvalue weighted by molar-refractivity contribution is -0.192. The van der Waals surface area contributed by atoms with E-state index in [0.717, 1.165) is 22.8 Å². The van der Waals surface area contributed by atoms with E-state index < -0.39 is 12.1 Å². The molecule has 0 aliphatic carbocycles. The number of aryl methyl sites for hydroxylation is 2. The summed E-state index contributed by atoms with van der Waals surface area (Å²) < 4.78 is 33.7. The average molecular weight is 421 g/mol. The van der Waals surface area contributed by atoms with Gasteiger partial charge in [-0.15, -0.1) is 0 Å². The van der Waals surface area contributed by atoms with Gasteiger partial charge in [-0.25, -0.2) is 19.7 Å². The molecule has 0 radical (unpaired) electrons. The van der Waals surface area contributed by atoms with Crippen molar-refractivity contribution in [1.82, 2.24) is 19.5 Å². The Morgan fingerprint density at radius 1 is 1.03 bits per heavy atom. The number of aliphatic carboxylic acids is 1. The highest BCUT2D eigenvalue weighted by Gasteiger charge is 2.38. The van der Waals surface area contributed by atoms with E-state index in [9.17, 15) is 18.0 Å². The van der Waals surface area contributed by atoms with Crippen LogP contribution in [0.15, 0.2) is 43.0 Å². The number of imidazole rings is 1. The van der Waals surface area contributed by atoms with Gasteiger partial charge >= 0.3 is 12.1 Å². The maximum Gasteiger partial charge on any atom is 0.490 e. The van der Waals surface area contributed by atoms with E-state index in [1.54, 1.807) is 12.4 Å². The van der Waals surface area contributed by atoms with Crippen molar-refractivity contribution < 1.29 is 27.9 Å². The molecule has 0 unspecified atom stereocenters. The maximum atomic E-state index is 12.2. The van der Waals surface area contributed by atoms with E-state index in [1.165, 1.54) is 6.33 Å². The molecule has 0 aliphatic heterocycles. The zero-order valence-electron chi connectivity index (χ0n) is 16.2. The summed E-state index contributed by atoms with van der Waals surface area (Å²) >= 11 is 0. The summed E-state index contributed by atoms with van der Waals surface area (Å²) in [5, 5.41) is 9.95. The first kappa shape index (κ1) is 22.5. The van der Waals surface area contributed by atoms with Crippen molar-refractivity contribution in [3.05, 3.63) is 65.8 Å². The number of carbonyl (C=O) groups excluding carboxylic acids is 1. The van der Waals surface area contributed by atoms with Gasteiger partial charge in [-0.1, -0.05) is 0 Å². The normalized spacial score (nSPS) is 10.7. The molecule has 0 saturated heterocycles. The third-order valence-corrected chi connectivity index (χ3v) is 3.93. The smallest absolute Gasteiger partial charge is 0.475 e. The van der Waals surface area contributed by atoms with Crippen LogP contribution in [0.1, 0.15) is 27.6 Å². The summed E-state index contributed by atoms with van der Waals surface area (Å²) in [7, 11) is 0. The molecule has 3 aromatic rings. The van der Waals surface area contributed by atoms with E-state index in [4.69, 9.17) is 9.90 Å². The van der Waals surface area contributed by atoms with Crippen LogP contribution in [0.3, 0.4) is 0 Å². The maximum absolute atomic E-state index is 12.2. The summed E-state index contributed by atoms with van der Waals surface area (Å²) in [4.78, 5) is 33.3. The molecular formula is C19H18F3N5O3. The molecule has 2 aromatic heterocycles.